The van der Waals surface area contributed by atoms with Crippen molar-refractivity contribution in [3.8, 4) is 11.5 Å². The number of carbonyl (C=O) groups is 1. The zero-order valence-corrected chi connectivity index (χ0v) is 16.5. The number of carbonyl (C=O) groups excluding carboxylic acids is 1. The number of amides is 1. The third kappa shape index (κ3) is 4.15. The molecule has 1 aliphatic heterocycles. The fourth-order valence-corrected chi connectivity index (χ4v) is 3.82. The number of hydrogen-bond acceptors (Lipinski definition) is 4. The van der Waals surface area contributed by atoms with Gasteiger partial charge in [0.2, 0.25) is 5.91 Å². The van der Waals surface area contributed by atoms with Crippen molar-refractivity contribution in [3.63, 3.8) is 0 Å². The van der Waals surface area contributed by atoms with E-state index in [9.17, 15) is 4.79 Å². The van der Waals surface area contributed by atoms with E-state index < -0.39 is 0 Å². The van der Waals surface area contributed by atoms with Crippen LogP contribution in [0.15, 0.2) is 41.3 Å². The number of ether oxygens (including phenoxy) is 2. The van der Waals surface area contributed by atoms with Crippen LogP contribution in [0.2, 0.25) is 0 Å². The molecule has 26 heavy (non-hydrogen) atoms. The molecule has 2 aromatic carbocycles. The quantitative estimate of drug-likeness (QED) is 0.751. The van der Waals surface area contributed by atoms with Crippen LogP contribution in [-0.4, -0.2) is 24.4 Å². The van der Waals surface area contributed by atoms with E-state index in [1.54, 1.807) is 0 Å². The first kappa shape index (κ1) is 18.6. The molecule has 0 saturated carbocycles. The van der Waals surface area contributed by atoms with Crippen molar-refractivity contribution >= 4 is 23.4 Å². The van der Waals surface area contributed by atoms with Crippen LogP contribution in [0.4, 0.5) is 5.69 Å². The van der Waals surface area contributed by atoms with Crippen molar-refractivity contribution in [1.82, 2.24) is 0 Å². The number of rotatable bonds is 5. The first-order valence-corrected chi connectivity index (χ1v) is 9.80. The summed E-state index contributed by atoms with van der Waals surface area (Å²) in [6, 6.07) is 11.9. The maximum atomic E-state index is 12.7. The van der Waals surface area contributed by atoms with Gasteiger partial charge in [0.25, 0.3) is 0 Å². The van der Waals surface area contributed by atoms with Crippen LogP contribution in [0.25, 0.3) is 0 Å². The van der Waals surface area contributed by atoms with Crippen molar-refractivity contribution in [2.24, 2.45) is 0 Å². The molecule has 0 bridgehead atoms. The van der Waals surface area contributed by atoms with Crippen LogP contribution in [-0.2, 0) is 4.79 Å². The molecule has 0 unspecified atom stereocenters. The number of hydrogen-bond donors (Lipinski definition) is 1. The van der Waals surface area contributed by atoms with E-state index in [1.807, 2.05) is 44.2 Å². The van der Waals surface area contributed by atoms with Gasteiger partial charge in [-0.25, -0.2) is 0 Å². The lowest BCUT2D eigenvalue weighted by molar-refractivity contribution is -0.115. The molecule has 0 saturated heterocycles. The van der Waals surface area contributed by atoms with Gasteiger partial charge in [0.1, 0.15) is 13.2 Å². The molecule has 138 valence electrons. The second kappa shape index (κ2) is 8.04. The first-order valence-electron chi connectivity index (χ1n) is 8.92. The molecule has 2 aromatic rings. The van der Waals surface area contributed by atoms with Crippen molar-refractivity contribution in [3.05, 3.63) is 47.5 Å². The van der Waals surface area contributed by atoms with Crippen LogP contribution >= 0.6 is 11.8 Å². The Morgan fingerprint density at radius 3 is 2.54 bits per heavy atom. The van der Waals surface area contributed by atoms with Gasteiger partial charge in [0.15, 0.2) is 11.5 Å². The number of para-hydroxylation sites is 1. The lowest BCUT2D eigenvalue weighted by Crippen LogP contribution is -2.23. The average molecular weight is 372 g/mol. The molecule has 0 aliphatic carbocycles. The number of aryl methyl sites for hydroxylation is 1. The van der Waals surface area contributed by atoms with E-state index in [0.29, 0.717) is 19.1 Å². The van der Waals surface area contributed by atoms with Crippen molar-refractivity contribution in [1.29, 1.82) is 0 Å². The highest BCUT2D eigenvalue weighted by Gasteiger charge is 2.19. The van der Waals surface area contributed by atoms with Crippen molar-refractivity contribution in [2.75, 3.05) is 18.5 Å². The highest BCUT2D eigenvalue weighted by atomic mass is 32.2. The molecule has 3 rings (SSSR count). The maximum Gasteiger partial charge on any atom is 0.237 e. The van der Waals surface area contributed by atoms with Gasteiger partial charge in [0, 0.05) is 10.6 Å². The van der Waals surface area contributed by atoms with E-state index in [-0.39, 0.29) is 11.2 Å². The second-order valence-corrected chi connectivity index (χ2v) is 8.16. The van der Waals surface area contributed by atoms with Gasteiger partial charge in [-0.1, -0.05) is 32.0 Å². The summed E-state index contributed by atoms with van der Waals surface area (Å²) in [5.41, 5.74) is 3.18. The lowest BCUT2D eigenvalue weighted by Gasteiger charge is -2.20. The van der Waals surface area contributed by atoms with Gasteiger partial charge >= 0.3 is 0 Å². The number of thioether (sulfide) groups is 1. The van der Waals surface area contributed by atoms with Gasteiger partial charge in [0.05, 0.1) is 5.25 Å². The second-order valence-electron chi connectivity index (χ2n) is 6.75. The zero-order chi connectivity index (χ0) is 18.7. The molecule has 0 radical (unpaired) electrons. The Morgan fingerprint density at radius 2 is 1.81 bits per heavy atom. The monoisotopic (exact) mass is 371 g/mol. The van der Waals surface area contributed by atoms with E-state index in [1.165, 1.54) is 11.8 Å². The Hall–Kier alpha value is -2.14. The molecule has 1 amide bonds. The minimum absolute atomic E-state index is 0.00101. The topological polar surface area (TPSA) is 47.6 Å². The summed E-state index contributed by atoms with van der Waals surface area (Å²) in [4.78, 5) is 13.7. The highest BCUT2D eigenvalue weighted by molar-refractivity contribution is 8.00. The zero-order valence-electron chi connectivity index (χ0n) is 15.7. The van der Waals surface area contributed by atoms with Crippen molar-refractivity contribution in [2.45, 2.75) is 43.8 Å². The molecular weight excluding hydrogens is 346 g/mol. The number of benzene rings is 2. The van der Waals surface area contributed by atoms with Gasteiger partial charge in [-0.2, -0.15) is 0 Å². The third-order valence-corrected chi connectivity index (χ3v) is 5.46. The Morgan fingerprint density at radius 1 is 1.08 bits per heavy atom. The molecule has 5 heteroatoms. The SMILES string of the molecule is Cc1cccc(C(C)C)c1NC(=O)[C@@H](C)Sc1ccc2c(c1)OCCO2. The summed E-state index contributed by atoms with van der Waals surface area (Å²) < 4.78 is 11.2. The molecule has 1 heterocycles. The highest BCUT2D eigenvalue weighted by Crippen LogP contribution is 2.36. The average Bonchev–Trinajstić information content (AvgIpc) is 2.63. The van der Waals surface area contributed by atoms with Crippen molar-refractivity contribution < 1.29 is 14.3 Å². The first-order chi connectivity index (χ1) is 12.5. The smallest absolute Gasteiger partial charge is 0.237 e. The predicted octanol–water partition coefficient (Wildman–Crippen LogP) is 5.01. The van der Waals surface area contributed by atoms with E-state index in [4.69, 9.17) is 9.47 Å². The van der Waals surface area contributed by atoms with E-state index in [2.05, 4.69) is 25.2 Å². The summed E-state index contributed by atoms with van der Waals surface area (Å²) in [7, 11) is 0. The Kier molecular flexibility index (Phi) is 5.77. The summed E-state index contributed by atoms with van der Waals surface area (Å²) in [6.07, 6.45) is 0. The summed E-state index contributed by atoms with van der Waals surface area (Å²) in [6.45, 7) is 9.36. The van der Waals surface area contributed by atoms with E-state index >= 15 is 0 Å². The molecule has 0 spiro atoms. The van der Waals surface area contributed by atoms with Crippen LogP contribution in [0.3, 0.4) is 0 Å². The van der Waals surface area contributed by atoms with Gasteiger partial charge < -0.3 is 14.8 Å². The molecular formula is C21H25NO3S. The molecule has 1 N–H and O–H groups in total. The summed E-state index contributed by atoms with van der Waals surface area (Å²) >= 11 is 1.52. The predicted molar refractivity (Wildman–Crippen MR) is 107 cm³/mol. The number of nitrogens with one attached hydrogen (secondary N) is 1. The van der Waals surface area contributed by atoms with Crippen LogP contribution in [0, 0.1) is 6.92 Å². The minimum atomic E-state index is -0.225. The standard InChI is InChI=1S/C21H25NO3S/c1-13(2)17-7-5-6-14(3)20(17)22-21(23)15(4)26-16-8-9-18-19(12-16)25-11-10-24-18/h5-9,12-13,15H,10-11H2,1-4H3,(H,22,23)/t15-/m1/s1. The van der Waals surface area contributed by atoms with Gasteiger partial charge in [-0.05, 0) is 49.1 Å². The van der Waals surface area contributed by atoms with Crippen LogP contribution in [0.1, 0.15) is 37.8 Å². The molecule has 0 fully saturated rings. The van der Waals surface area contributed by atoms with E-state index in [0.717, 1.165) is 33.2 Å². The maximum absolute atomic E-state index is 12.7. The third-order valence-electron chi connectivity index (χ3n) is 4.37. The van der Waals surface area contributed by atoms with Crippen LogP contribution < -0.4 is 14.8 Å². The summed E-state index contributed by atoms with van der Waals surface area (Å²) in [5.74, 6) is 1.86. The van der Waals surface area contributed by atoms with Gasteiger partial charge in [-0.3, -0.25) is 4.79 Å². The lowest BCUT2D eigenvalue weighted by atomic mass is 9.98. The summed E-state index contributed by atoms with van der Waals surface area (Å²) in [5, 5.41) is 2.90. The molecule has 0 aromatic heterocycles. The Labute approximate surface area is 159 Å². The Balaban J connectivity index is 1.71. The fourth-order valence-electron chi connectivity index (χ4n) is 2.92. The largest absolute Gasteiger partial charge is 0.486 e. The Bertz CT molecular complexity index is 804. The van der Waals surface area contributed by atoms with Crippen LogP contribution in [0.5, 0.6) is 11.5 Å². The molecule has 1 atom stereocenters. The molecule has 4 nitrogen and oxygen atoms in total. The van der Waals surface area contributed by atoms with Gasteiger partial charge in [-0.15, -0.1) is 11.8 Å². The minimum Gasteiger partial charge on any atom is -0.486 e. The fraction of sp³-hybridized carbons (Fsp3) is 0.381. The normalized spacial score (nSPS) is 14.2. The molecule has 1 aliphatic rings. The number of anilines is 1. The number of fused-ring (bicyclic) bond motifs is 1.